The topological polar surface area (TPSA) is 141 Å². The van der Waals surface area contributed by atoms with Gasteiger partial charge in [-0.1, -0.05) is 39.8 Å². The van der Waals surface area contributed by atoms with Crippen LogP contribution in [0, 0.1) is 17.8 Å². The van der Waals surface area contributed by atoms with E-state index < -0.39 is 51.6 Å². The highest BCUT2D eigenvalue weighted by Gasteiger charge is 2.74. The van der Waals surface area contributed by atoms with E-state index in [-0.39, 0.29) is 35.4 Å². The SMILES string of the molecule is CCS(=O)(=O)O[C@@]12O[C@](NC(=O)[C@@H]3CC4c5cccc6[nH]cc(c56)C[C@H]4N(C)C3)(C(C)C)C(=O)N1[C@@H](C(C)C)C(=O)N1CCC[C@H]12. The third-order valence-electron chi connectivity index (χ3n) is 11.1. The molecule has 0 spiro atoms. The number of H-pyrrole nitrogens is 1. The number of benzene rings is 1. The smallest absolute Gasteiger partial charge is 0.294 e. The van der Waals surface area contributed by atoms with Crippen LogP contribution >= 0.6 is 0 Å². The Hall–Kier alpha value is -3.00. The Bertz CT molecular complexity index is 1710. The van der Waals surface area contributed by atoms with E-state index in [0.717, 1.165) is 11.9 Å². The van der Waals surface area contributed by atoms with Gasteiger partial charge in [0.15, 0.2) is 0 Å². The van der Waals surface area contributed by atoms with Gasteiger partial charge in [0.1, 0.15) is 12.1 Å². The van der Waals surface area contributed by atoms with Gasteiger partial charge < -0.3 is 20.1 Å². The molecule has 0 saturated carbocycles. The van der Waals surface area contributed by atoms with E-state index in [1.54, 1.807) is 18.7 Å². The number of nitrogens with zero attached hydrogens (tertiary/aromatic N) is 3. The number of amides is 3. The number of likely N-dealkylation sites (tertiary alicyclic amines) is 1. The van der Waals surface area contributed by atoms with Crippen molar-refractivity contribution in [2.45, 2.75) is 96.0 Å². The van der Waals surface area contributed by atoms with Gasteiger partial charge >= 0.3 is 0 Å². The lowest BCUT2D eigenvalue weighted by Crippen LogP contribution is -2.73. The van der Waals surface area contributed by atoms with Crippen molar-refractivity contribution >= 4 is 38.7 Å². The Morgan fingerprint density at radius 2 is 1.98 bits per heavy atom. The highest BCUT2D eigenvalue weighted by molar-refractivity contribution is 7.86. The van der Waals surface area contributed by atoms with Crippen molar-refractivity contribution < 1.29 is 31.7 Å². The fourth-order valence-corrected chi connectivity index (χ4v) is 9.53. The third-order valence-corrected chi connectivity index (χ3v) is 12.3. The molecule has 7 rings (SSSR count). The maximum Gasteiger partial charge on any atom is 0.294 e. The van der Waals surface area contributed by atoms with Crippen LogP contribution in [0.1, 0.15) is 70.9 Å². The maximum absolute atomic E-state index is 14.8. The van der Waals surface area contributed by atoms with Gasteiger partial charge in [0.05, 0.1) is 11.7 Å². The van der Waals surface area contributed by atoms with Crippen LogP contribution in [0.25, 0.3) is 10.9 Å². The number of nitrogens with one attached hydrogen (secondary N) is 2. The number of rotatable bonds is 7. The molecule has 250 valence electrons. The quantitative estimate of drug-likeness (QED) is 0.434. The number of aromatic nitrogens is 1. The first-order valence-electron chi connectivity index (χ1n) is 16.6. The zero-order chi connectivity index (χ0) is 32.9. The molecule has 3 amide bonds. The van der Waals surface area contributed by atoms with Gasteiger partial charge in [0.25, 0.3) is 21.9 Å². The van der Waals surface area contributed by atoms with Crippen molar-refractivity contribution in [3.05, 3.63) is 35.5 Å². The number of hydrogen-bond donors (Lipinski definition) is 2. The fourth-order valence-electron chi connectivity index (χ4n) is 8.82. The number of likely N-dealkylation sites (N-methyl/N-ethyl adjacent to an activating group) is 1. The van der Waals surface area contributed by atoms with Crippen molar-refractivity contribution in [3.8, 4) is 0 Å². The molecule has 4 saturated heterocycles. The average Bonchev–Trinajstić information content (AvgIpc) is 3.72. The van der Waals surface area contributed by atoms with Crippen LogP contribution in [0.4, 0.5) is 0 Å². The molecule has 13 heteroatoms. The van der Waals surface area contributed by atoms with Crippen molar-refractivity contribution in [1.82, 2.24) is 25.0 Å². The first-order valence-corrected chi connectivity index (χ1v) is 18.2. The van der Waals surface area contributed by atoms with E-state index >= 15 is 0 Å². The number of carbonyl (C=O) groups is 3. The fraction of sp³-hybridized carbons (Fsp3) is 0.667. The molecular weight excluding hydrogens is 610 g/mol. The summed E-state index contributed by atoms with van der Waals surface area (Å²) in [5, 5.41) is 4.24. The summed E-state index contributed by atoms with van der Waals surface area (Å²) in [4.78, 5) is 51.5. The number of hydrogen-bond acceptors (Lipinski definition) is 8. The van der Waals surface area contributed by atoms with Crippen LogP contribution in [-0.4, -0.2) is 101 Å². The molecule has 12 nitrogen and oxygen atoms in total. The molecule has 1 aromatic carbocycles. The number of carbonyl (C=O) groups excluding carboxylic acids is 3. The van der Waals surface area contributed by atoms with Gasteiger partial charge in [-0.3, -0.25) is 24.0 Å². The zero-order valence-corrected chi connectivity index (χ0v) is 28.2. The molecule has 1 aliphatic carbocycles. The maximum atomic E-state index is 14.8. The van der Waals surface area contributed by atoms with E-state index in [0.29, 0.717) is 32.4 Å². The highest BCUT2D eigenvalue weighted by Crippen LogP contribution is 2.51. The lowest BCUT2D eigenvalue weighted by atomic mass is 9.72. The molecule has 46 heavy (non-hydrogen) atoms. The van der Waals surface area contributed by atoms with E-state index in [2.05, 4.69) is 33.5 Å². The summed E-state index contributed by atoms with van der Waals surface area (Å²) in [7, 11) is -2.14. The molecule has 2 aromatic rings. The molecule has 4 aliphatic heterocycles. The number of aromatic amines is 1. The third kappa shape index (κ3) is 4.41. The number of piperidine rings is 1. The summed E-state index contributed by atoms with van der Waals surface area (Å²) in [6, 6.07) is 4.64. The molecule has 5 aliphatic rings. The molecule has 1 aromatic heterocycles. The minimum absolute atomic E-state index is 0.113. The Balaban J connectivity index is 1.26. The predicted octanol–water partition coefficient (Wildman–Crippen LogP) is 2.50. The van der Waals surface area contributed by atoms with Crippen LogP contribution in [-0.2, 0) is 39.8 Å². The minimum atomic E-state index is -4.17. The monoisotopic (exact) mass is 655 g/mol. The normalized spacial score (nSPS) is 34.4. The summed E-state index contributed by atoms with van der Waals surface area (Å²) in [5.74, 6) is -5.03. The average molecular weight is 656 g/mol. The Morgan fingerprint density at radius 1 is 1.22 bits per heavy atom. The molecule has 4 fully saturated rings. The molecule has 5 heterocycles. The van der Waals surface area contributed by atoms with E-state index in [1.807, 2.05) is 27.0 Å². The van der Waals surface area contributed by atoms with Crippen LogP contribution in [0.15, 0.2) is 24.4 Å². The van der Waals surface area contributed by atoms with Crippen LogP contribution in [0.3, 0.4) is 0 Å². The van der Waals surface area contributed by atoms with Crippen molar-refractivity contribution in [3.63, 3.8) is 0 Å². The Morgan fingerprint density at radius 3 is 2.67 bits per heavy atom. The predicted molar refractivity (Wildman–Crippen MR) is 170 cm³/mol. The second kappa shape index (κ2) is 10.8. The van der Waals surface area contributed by atoms with Crippen LogP contribution in [0.5, 0.6) is 0 Å². The standard InChI is InChI=1S/C33H45N5O7S/c1-7-46(42,43)45-33-26-12-9-13-37(26)30(40)28(18(2)3)38(33)31(41)32(44-33,19(4)5)35-29(39)21-14-23-22-10-8-11-24-27(22)20(16-34-24)15-25(23)36(6)17-21/h8,10-11,16,18-19,21,23,25-26,28,34H,7,9,12-15,17H2,1-6H3,(H,35,39)/t21-,23?,25-,26+,28+,32-,33-/m1/s1. The minimum Gasteiger partial charge on any atom is -0.361 e. The first-order chi connectivity index (χ1) is 21.7. The van der Waals surface area contributed by atoms with Crippen molar-refractivity contribution in [2.75, 3.05) is 25.9 Å². The molecule has 0 radical (unpaired) electrons. The first kappa shape index (κ1) is 31.6. The van der Waals surface area contributed by atoms with Crippen molar-refractivity contribution in [1.29, 1.82) is 0 Å². The van der Waals surface area contributed by atoms with Gasteiger partial charge in [-0.25, -0.2) is 4.18 Å². The molecule has 1 unspecified atom stereocenters. The van der Waals surface area contributed by atoms with E-state index in [9.17, 15) is 22.8 Å². The second-order valence-corrected chi connectivity index (χ2v) is 16.3. The summed E-state index contributed by atoms with van der Waals surface area (Å²) in [6.07, 6.45) is 4.56. The lowest BCUT2D eigenvalue weighted by Gasteiger charge is -2.51. The van der Waals surface area contributed by atoms with Gasteiger partial charge in [0, 0.05) is 48.1 Å². The molecule has 2 N–H and O–H groups in total. The number of fused-ring (bicyclic) bond motifs is 5. The van der Waals surface area contributed by atoms with Gasteiger partial charge in [0.2, 0.25) is 17.5 Å². The van der Waals surface area contributed by atoms with Crippen LogP contribution < -0.4 is 5.32 Å². The van der Waals surface area contributed by atoms with Gasteiger partial charge in [-0.05, 0) is 62.8 Å². The van der Waals surface area contributed by atoms with Crippen LogP contribution in [0.2, 0.25) is 0 Å². The second-order valence-electron chi connectivity index (χ2n) is 14.4. The van der Waals surface area contributed by atoms with E-state index in [4.69, 9.17) is 8.92 Å². The molecule has 7 atom stereocenters. The number of piperazine rings is 1. The summed E-state index contributed by atoms with van der Waals surface area (Å²) < 4.78 is 39.0. The Kier molecular flexibility index (Phi) is 7.39. The lowest BCUT2D eigenvalue weighted by molar-refractivity contribution is -0.307. The van der Waals surface area contributed by atoms with E-state index in [1.165, 1.54) is 28.3 Å². The Labute approximate surface area is 270 Å². The van der Waals surface area contributed by atoms with Gasteiger partial charge in [-0.2, -0.15) is 8.42 Å². The summed E-state index contributed by atoms with van der Waals surface area (Å²) in [5.41, 5.74) is 1.64. The molecule has 0 bridgehead atoms. The van der Waals surface area contributed by atoms with Crippen molar-refractivity contribution in [2.24, 2.45) is 17.8 Å². The van der Waals surface area contributed by atoms with Gasteiger partial charge in [-0.15, -0.1) is 0 Å². The summed E-state index contributed by atoms with van der Waals surface area (Å²) in [6.45, 7) is 9.50. The highest BCUT2D eigenvalue weighted by atomic mass is 32.2. The summed E-state index contributed by atoms with van der Waals surface area (Å²) >= 11 is 0. The number of ether oxygens (including phenoxy) is 1. The zero-order valence-electron chi connectivity index (χ0n) is 27.4. The molecular formula is C33H45N5O7S. The largest absolute Gasteiger partial charge is 0.361 e.